The fourth-order valence-corrected chi connectivity index (χ4v) is 4.25. The van der Waals surface area contributed by atoms with Gasteiger partial charge in [0.2, 0.25) is 5.91 Å². The minimum atomic E-state index is 0. The Kier molecular flexibility index (Phi) is 6.17. The van der Waals surface area contributed by atoms with E-state index in [9.17, 15) is 4.79 Å². The first-order chi connectivity index (χ1) is 12.6. The lowest BCUT2D eigenvalue weighted by Gasteiger charge is -2.28. The number of piperidine rings is 1. The van der Waals surface area contributed by atoms with E-state index in [1.54, 1.807) is 0 Å². The minimum absolute atomic E-state index is 0. The first-order valence-electron chi connectivity index (χ1n) is 9.66. The monoisotopic (exact) mass is 389 g/mol. The molecule has 146 valence electrons. The molecular weight excluding hydrogens is 362 g/mol. The van der Waals surface area contributed by atoms with Gasteiger partial charge in [-0.3, -0.25) is 9.89 Å². The summed E-state index contributed by atoms with van der Waals surface area (Å²) in [5, 5.41) is 14.0. The Morgan fingerprint density at radius 3 is 2.59 bits per heavy atom. The second-order valence-electron chi connectivity index (χ2n) is 7.97. The van der Waals surface area contributed by atoms with E-state index in [4.69, 9.17) is 0 Å². The summed E-state index contributed by atoms with van der Waals surface area (Å²) in [5.74, 6) is 2.34. The van der Waals surface area contributed by atoms with E-state index in [1.807, 2.05) is 24.3 Å². The number of benzene rings is 1. The van der Waals surface area contributed by atoms with Gasteiger partial charge in [0, 0.05) is 30.0 Å². The third-order valence-electron chi connectivity index (χ3n) is 5.54. The molecule has 2 aliphatic rings. The zero-order valence-electron chi connectivity index (χ0n) is 15.9. The molecule has 1 aromatic heterocycles. The summed E-state index contributed by atoms with van der Waals surface area (Å²) in [7, 11) is 0. The highest BCUT2D eigenvalue weighted by Gasteiger charge is 2.34. The molecule has 2 atom stereocenters. The number of anilines is 1. The number of rotatable bonds is 5. The van der Waals surface area contributed by atoms with Gasteiger partial charge in [0.1, 0.15) is 5.82 Å². The molecule has 0 radical (unpaired) electrons. The van der Waals surface area contributed by atoms with Crippen molar-refractivity contribution in [3.63, 3.8) is 0 Å². The summed E-state index contributed by atoms with van der Waals surface area (Å²) in [4.78, 5) is 17.2. The number of hydrogen-bond donors (Lipinski definition) is 3. The highest BCUT2D eigenvalue weighted by Crippen LogP contribution is 2.33. The largest absolute Gasteiger partial charge is 0.325 e. The van der Waals surface area contributed by atoms with Crippen LogP contribution in [0.2, 0.25) is 0 Å². The van der Waals surface area contributed by atoms with Crippen LogP contribution >= 0.6 is 12.4 Å². The van der Waals surface area contributed by atoms with Crippen molar-refractivity contribution in [2.24, 2.45) is 5.92 Å². The van der Waals surface area contributed by atoms with E-state index >= 15 is 0 Å². The lowest BCUT2D eigenvalue weighted by atomic mass is 9.89. The standard InChI is InChI=1S/C20H27N5O.ClH/c1-12(2)19-23-20(25-24-19)16-5-3-4-6-17(16)22-18(26)11-13-9-14-7-8-15(10-13)21-14;/h3-6,12-15,21H,7-11H2,1-2H3,(H,22,26)(H,23,24,25);1H. The van der Waals surface area contributed by atoms with Gasteiger partial charge in [0.15, 0.2) is 5.82 Å². The molecular formula is C20H28ClN5O. The van der Waals surface area contributed by atoms with Crippen molar-refractivity contribution in [1.82, 2.24) is 20.5 Å². The Morgan fingerprint density at radius 2 is 1.93 bits per heavy atom. The fourth-order valence-electron chi connectivity index (χ4n) is 4.25. The maximum absolute atomic E-state index is 12.6. The lowest BCUT2D eigenvalue weighted by molar-refractivity contribution is -0.117. The Morgan fingerprint density at radius 1 is 1.22 bits per heavy atom. The van der Waals surface area contributed by atoms with Crippen molar-refractivity contribution in [1.29, 1.82) is 0 Å². The van der Waals surface area contributed by atoms with Crippen LogP contribution < -0.4 is 10.6 Å². The molecule has 2 aromatic rings. The van der Waals surface area contributed by atoms with Crippen molar-refractivity contribution in [2.45, 2.75) is 64.0 Å². The minimum Gasteiger partial charge on any atom is -0.325 e. The van der Waals surface area contributed by atoms with Crippen molar-refractivity contribution in [2.75, 3.05) is 5.32 Å². The smallest absolute Gasteiger partial charge is 0.224 e. The molecule has 0 spiro atoms. The Labute approximate surface area is 166 Å². The van der Waals surface area contributed by atoms with Crippen LogP contribution in [0.4, 0.5) is 5.69 Å². The molecule has 0 saturated carbocycles. The second kappa shape index (κ2) is 8.40. The predicted octanol–water partition coefficient (Wildman–Crippen LogP) is 3.88. The highest BCUT2D eigenvalue weighted by atomic mass is 35.5. The zero-order chi connectivity index (χ0) is 18.1. The number of para-hydroxylation sites is 1. The summed E-state index contributed by atoms with van der Waals surface area (Å²) >= 11 is 0. The molecule has 1 aromatic carbocycles. The van der Waals surface area contributed by atoms with E-state index in [1.165, 1.54) is 12.8 Å². The topological polar surface area (TPSA) is 82.7 Å². The molecule has 3 N–H and O–H groups in total. The summed E-state index contributed by atoms with van der Waals surface area (Å²) in [5.41, 5.74) is 1.64. The van der Waals surface area contributed by atoms with Crippen LogP contribution in [0.5, 0.6) is 0 Å². The predicted molar refractivity (Wildman–Crippen MR) is 109 cm³/mol. The van der Waals surface area contributed by atoms with Gasteiger partial charge in [-0.25, -0.2) is 4.98 Å². The summed E-state index contributed by atoms with van der Waals surface area (Å²) in [6, 6.07) is 8.97. The van der Waals surface area contributed by atoms with E-state index in [0.717, 1.165) is 29.9 Å². The summed E-state index contributed by atoms with van der Waals surface area (Å²) < 4.78 is 0. The number of fused-ring (bicyclic) bond motifs is 2. The average molecular weight is 390 g/mol. The molecule has 4 rings (SSSR count). The Bertz CT molecular complexity index is 778. The van der Waals surface area contributed by atoms with Crippen LogP contribution in [0.1, 0.15) is 57.7 Å². The van der Waals surface area contributed by atoms with Gasteiger partial charge in [-0.05, 0) is 43.7 Å². The van der Waals surface area contributed by atoms with E-state index in [-0.39, 0.29) is 24.2 Å². The van der Waals surface area contributed by atoms with Gasteiger partial charge in [-0.15, -0.1) is 12.4 Å². The lowest BCUT2D eigenvalue weighted by Crippen LogP contribution is -2.39. The molecule has 27 heavy (non-hydrogen) atoms. The van der Waals surface area contributed by atoms with E-state index in [2.05, 4.69) is 39.7 Å². The number of hydrogen-bond acceptors (Lipinski definition) is 4. The van der Waals surface area contributed by atoms with Crippen molar-refractivity contribution >= 4 is 24.0 Å². The zero-order valence-corrected chi connectivity index (χ0v) is 16.7. The SMILES string of the molecule is CC(C)c1nc(-c2ccccc2NC(=O)CC2CC3CCC(C2)N3)n[nH]1.Cl. The quantitative estimate of drug-likeness (QED) is 0.724. The van der Waals surface area contributed by atoms with Gasteiger partial charge in [-0.2, -0.15) is 5.10 Å². The number of nitrogens with one attached hydrogen (secondary N) is 3. The fraction of sp³-hybridized carbons (Fsp3) is 0.550. The van der Waals surface area contributed by atoms with Crippen LogP contribution in [0.25, 0.3) is 11.4 Å². The van der Waals surface area contributed by atoms with Crippen molar-refractivity contribution in [3.05, 3.63) is 30.1 Å². The van der Waals surface area contributed by atoms with Crippen LogP contribution in [0.15, 0.2) is 24.3 Å². The normalized spacial score (nSPS) is 23.9. The number of carbonyl (C=O) groups is 1. The van der Waals surface area contributed by atoms with Crippen molar-refractivity contribution < 1.29 is 4.79 Å². The third-order valence-corrected chi connectivity index (χ3v) is 5.54. The Hall–Kier alpha value is -1.92. The molecule has 6 nitrogen and oxygen atoms in total. The highest BCUT2D eigenvalue weighted by molar-refractivity contribution is 5.94. The molecule has 1 amide bonds. The number of amides is 1. The maximum Gasteiger partial charge on any atom is 0.224 e. The summed E-state index contributed by atoms with van der Waals surface area (Å²) in [6.07, 6.45) is 5.34. The van der Waals surface area contributed by atoms with Gasteiger partial charge < -0.3 is 10.6 Å². The van der Waals surface area contributed by atoms with Crippen LogP contribution in [0, 0.1) is 5.92 Å². The van der Waals surface area contributed by atoms with E-state index in [0.29, 0.717) is 30.2 Å². The van der Waals surface area contributed by atoms with Crippen LogP contribution in [0.3, 0.4) is 0 Å². The number of aromatic nitrogens is 3. The third kappa shape index (κ3) is 4.50. The number of nitrogens with zero attached hydrogens (tertiary/aromatic N) is 2. The number of H-pyrrole nitrogens is 1. The average Bonchev–Trinajstić information content (AvgIpc) is 3.22. The number of carbonyl (C=O) groups excluding carboxylic acids is 1. The van der Waals surface area contributed by atoms with Crippen molar-refractivity contribution in [3.8, 4) is 11.4 Å². The molecule has 2 aliphatic heterocycles. The molecule has 7 heteroatoms. The van der Waals surface area contributed by atoms with Crippen LogP contribution in [-0.2, 0) is 4.79 Å². The molecule has 0 aliphatic carbocycles. The maximum atomic E-state index is 12.6. The van der Waals surface area contributed by atoms with Gasteiger partial charge in [0.05, 0.1) is 5.69 Å². The molecule has 2 bridgehead atoms. The van der Waals surface area contributed by atoms with Gasteiger partial charge in [-0.1, -0.05) is 26.0 Å². The first kappa shape index (κ1) is 19.8. The second-order valence-corrected chi connectivity index (χ2v) is 7.97. The molecule has 3 heterocycles. The first-order valence-corrected chi connectivity index (χ1v) is 9.66. The van der Waals surface area contributed by atoms with Gasteiger partial charge >= 0.3 is 0 Å². The Balaban J connectivity index is 0.00000210. The van der Waals surface area contributed by atoms with Crippen LogP contribution in [-0.4, -0.2) is 33.2 Å². The number of halogens is 1. The van der Waals surface area contributed by atoms with E-state index < -0.39 is 0 Å². The molecule has 2 unspecified atom stereocenters. The molecule has 2 fully saturated rings. The summed E-state index contributed by atoms with van der Waals surface area (Å²) in [6.45, 7) is 4.15. The number of aromatic amines is 1. The van der Waals surface area contributed by atoms with Gasteiger partial charge in [0.25, 0.3) is 0 Å². The molecule has 2 saturated heterocycles.